The molecule has 0 unspecified atom stereocenters. The third-order valence-corrected chi connectivity index (χ3v) is 4.82. The summed E-state index contributed by atoms with van der Waals surface area (Å²) in [7, 11) is 0. The second kappa shape index (κ2) is 5.73. The fourth-order valence-electron chi connectivity index (χ4n) is 2.02. The van der Waals surface area contributed by atoms with Crippen LogP contribution in [0, 0.1) is 0 Å². The number of hydrogen-bond donors (Lipinski definition) is 1. The number of nitrogens with zero attached hydrogens (tertiary/aromatic N) is 1. The van der Waals surface area contributed by atoms with Gasteiger partial charge in [-0.25, -0.2) is 0 Å². The number of para-hydroxylation sites is 1. The summed E-state index contributed by atoms with van der Waals surface area (Å²) >= 11 is 4.79. The average molecular weight is 347 g/mol. The van der Waals surface area contributed by atoms with Gasteiger partial charge in [-0.3, -0.25) is 9.78 Å². The predicted molar refractivity (Wildman–Crippen MR) is 84.9 cm³/mol. The lowest BCUT2D eigenvalue weighted by atomic mass is 10.1. The Balaban J connectivity index is 1.81. The number of carbonyl (C=O) groups excluding carboxylic acids is 1. The van der Waals surface area contributed by atoms with E-state index in [4.69, 9.17) is 0 Å². The van der Waals surface area contributed by atoms with Crippen molar-refractivity contribution in [2.75, 3.05) is 0 Å². The van der Waals surface area contributed by atoms with Gasteiger partial charge in [0.1, 0.15) is 4.88 Å². The summed E-state index contributed by atoms with van der Waals surface area (Å²) < 4.78 is 0.830. The van der Waals surface area contributed by atoms with Crippen molar-refractivity contribution in [2.24, 2.45) is 0 Å². The Bertz CT molecular complexity index is 764. The van der Waals surface area contributed by atoms with Gasteiger partial charge in [0.15, 0.2) is 0 Å². The first-order valence-electron chi connectivity index (χ1n) is 6.09. The van der Waals surface area contributed by atoms with Gasteiger partial charge >= 0.3 is 0 Å². The number of aromatic nitrogens is 1. The molecule has 2 aromatic heterocycles. The highest BCUT2D eigenvalue weighted by atomic mass is 79.9. The zero-order valence-electron chi connectivity index (χ0n) is 10.5. The minimum Gasteiger partial charge on any atom is -0.347 e. The second-order valence-corrected chi connectivity index (χ2v) is 6.04. The SMILES string of the molecule is O=C(NCc1cccc2cccnc12)c1sccc1Br. The molecular formula is C15H11BrN2OS. The second-order valence-electron chi connectivity index (χ2n) is 4.27. The lowest BCUT2D eigenvalue weighted by molar-refractivity contribution is 0.0954. The minimum absolute atomic E-state index is 0.0696. The Morgan fingerprint density at radius 3 is 2.90 bits per heavy atom. The summed E-state index contributed by atoms with van der Waals surface area (Å²) in [6.45, 7) is 0.470. The van der Waals surface area contributed by atoms with Crippen LogP contribution in [0.3, 0.4) is 0 Å². The predicted octanol–water partition coefficient (Wildman–Crippen LogP) is 3.99. The standard InChI is InChI=1S/C15H11BrN2OS/c16-12-6-8-20-14(12)15(19)18-9-11-4-1-3-10-5-2-7-17-13(10)11/h1-8H,9H2,(H,18,19). The highest BCUT2D eigenvalue weighted by Crippen LogP contribution is 2.22. The van der Waals surface area contributed by atoms with E-state index in [0.717, 1.165) is 20.9 Å². The van der Waals surface area contributed by atoms with Crippen molar-refractivity contribution in [3.63, 3.8) is 0 Å². The fraction of sp³-hybridized carbons (Fsp3) is 0.0667. The molecule has 0 saturated heterocycles. The van der Waals surface area contributed by atoms with Crippen molar-refractivity contribution < 1.29 is 4.79 Å². The molecule has 0 atom stereocenters. The number of thiophene rings is 1. The van der Waals surface area contributed by atoms with Gasteiger partial charge in [0, 0.05) is 22.6 Å². The topological polar surface area (TPSA) is 42.0 Å². The van der Waals surface area contributed by atoms with Crippen LogP contribution < -0.4 is 5.32 Å². The van der Waals surface area contributed by atoms with Gasteiger partial charge in [0.25, 0.3) is 5.91 Å². The normalized spacial score (nSPS) is 10.7. The average Bonchev–Trinajstić information content (AvgIpc) is 2.91. The number of benzene rings is 1. The van der Waals surface area contributed by atoms with Gasteiger partial charge in [0.05, 0.1) is 5.52 Å². The smallest absolute Gasteiger partial charge is 0.262 e. The molecule has 0 fully saturated rings. The molecule has 2 heterocycles. The summed E-state index contributed by atoms with van der Waals surface area (Å²) in [5.74, 6) is -0.0696. The summed E-state index contributed by atoms with van der Waals surface area (Å²) in [6.07, 6.45) is 1.77. The van der Waals surface area contributed by atoms with Crippen LogP contribution in [0.1, 0.15) is 15.2 Å². The van der Waals surface area contributed by atoms with Gasteiger partial charge < -0.3 is 5.32 Å². The van der Waals surface area contributed by atoms with Crippen LogP contribution in [0.5, 0.6) is 0 Å². The van der Waals surface area contributed by atoms with Gasteiger partial charge in [-0.2, -0.15) is 0 Å². The number of halogens is 1. The molecule has 0 aliphatic heterocycles. The molecule has 0 saturated carbocycles. The molecule has 0 spiro atoms. The number of carbonyl (C=O) groups is 1. The molecule has 100 valence electrons. The van der Waals surface area contributed by atoms with E-state index < -0.39 is 0 Å². The van der Waals surface area contributed by atoms with Crippen LogP contribution in [0.4, 0.5) is 0 Å². The monoisotopic (exact) mass is 346 g/mol. The van der Waals surface area contributed by atoms with Crippen LogP contribution in [0.15, 0.2) is 52.4 Å². The van der Waals surface area contributed by atoms with E-state index in [-0.39, 0.29) is 5.91 Å². The highest BCUT2D eigenvalue weighted by molar-refractivity contribution is 9.10. The maximum absolute atomic E-state index is 12.1. The first-order chi connectivity index (χ1) is 9.75. The summed E-state index contributed by atoms with van der Waals surface area (Å²) in [5, 5.41) is 5.90. The van der Waals surface area contributed by atoms with Crippen LogP contribution in [0.2, 0.25) is 0 Å². The lowest BCUT2D eigenvalue weighted by Crippen LogP contribution is -2.22. The first-order valence-corrected chi connectivity index (χ1v) is 7.77. The molecule has 0 aliphatic carbocycles. The van der Waals surface area contributed by atoms with E-state index in [2.05, 4.69) is 26.2 Å². The Kier molecular flexibility index (Phi) is 3.80. The van der Waals surface area contributed by atoms with Gasteiger partial charge in [-0.05, 0) is 39.0 Å². The first kappa shape index (κ1) is 13.3. The molecule has 0 bridgehead atoms. The van der Waals surface area contributed by atoms with Crippen molar-refractivity contribution in [2.45, 2.75) is 6.54 Å². The molecule has 5 heteroatoms. The number of amides is 1. The van der Waals surface area contributed by atoms with Crippen molar-refractivity contribution >= 4 is 44.1 Å². The Morgan fingerprint density at radius 1 is 1.25 bits per heavy atom. The van der Waals surface area contributed by atoms with E-state index in [1.165, 1.54) is 11.3 Å². The van der Waals surface area contributed by atoms with Crippen molar-refractivity contribution in [3.05, 3.63) is 62.9 Å². The number of pyridine rings is 1. The molecule has 1 aromatic carbocycles. The number of hydrogen-bond acceptors (Lipinski definition) is 3. The largest absolute Gasteiger partial charge is 0.347 e. The molecule has 1 amide bonds. The quantitative estimate of drug-likeness (QED) is 0.778. The minimum atomic E-state index is -0.0696. The van der Waals surface area contributed by atoms with Crippen molar-refractivity contribution in [1.29, 1.82) is 0 Å². The van der Waals surface area contributed by atoms with Crippen molar-refractivity contribution in [1.82, 2.24) is 10.3 Å². The molecule has 3 nitrogen and oxygen atoms in total. The fourth-order valence-corrected chi connectivity index (χ4v) is 3.49. The number of nitrogens with one attached hydrogen (secondary N) is 1. The van der Waals surface area contributed by atoms with Crippen LogP contribution >= 0.6 is 27.3 Å². The van der Waals surface area contributed by atoms with E-state index >= 15 is 0 Å². The number of fused-ring (bicyclic) bond motifs is 1. The molecule has 3 aromatic rings. The van der Waals surface area contributed by atoms with E-state index in [1.807, 2.05) is 41.8 Å². The Morgan fingerprint density at radius 2 is 2.10 bits per heavy atom. The zero-order valence-corrected chi connectivity index (χ0v) is 12.9. The Labute approximate surface area is 128 Å². The third kappa shape index (κ3) is 2.59. The molecule has 3 rings (SSSR count). The summed E-state index contributed by atoms with van der Waals surface area (Å²) in [4.78, 5) is 17.2. The van der Waals surface area contributed by atoms with E-state index in [0.29, 0.717) is 11.4 Å². The molecular weight excluding hydrogens is 336 g/mol. The van der Waals surface area contributed by atoms with Crippen LogP contribution in [-0.4, -0.2) is 10.9 Å². The maximum Gasteiger partial charge on any atom is 0.262 e. The summed E-state index contributed by atoms with van der Waals surface area (Å²) in [5.41, 5.74) is 1.95. The van der Waals surface area contributed by atoms with Crippen LogP contribution in [-0.2, 0) is 6.54 Å². The van der Waals surface area contributed by atoms with E-state index in [1.54, 1.807) is 6.20 Å². The van der Waals surface area contributed by atoms with E-state index in [9.17, 15) is 4.79 Å². The Hall–Kier alpha value is -1.72. The van der Waals surface area contributed by atoms with Crippen molar-refractivity contribution in [3.8, 4) is 0 Å². The molecule has 0 radical (unpaired) electrons. The highest BCUT2D eigenvalue weighted by Gasteiger charge is 2.11. The van der Waals surface area contributed by atoms with Gasteiger partial charge in [-0.15, -0.1) is 11.3 Å². The molecule has 20 heavy (non-hydrogen) atoms. The number of rotatable bonds is 3. The molecule has 1 N–H and O–H groups in total. The van der Waals surface area contributed by atoms with Crippen LogP contribution in [0.25, 0.3) is 10.9 Å². The van der Waals surface area contributed by atoms with Gasteiger partial charge in [-0.1, -0.05) is 24.3 Å². The molecule has 0 aliphatic rings. The van der Waals surface area contributed by atoms with Gasteiger partial charge in [0.2, 0.25) is 0 Å². The lowest BCUT2D eigenvalue weighted by Gasteiger charge is -2.07. The maximum atomic E-state index is 12.1. The summed E-state index contributed by atoms with van der Waals surface area (Å²) in [6, 6.07) is 11.8. The third-order valence-electron chi connectivity index (χ3n) is 2.98. The zero-order chi connectivity index (χ0) is 13.9.